The van der Waals surface area contributed by atoms with Crippen LogP contribution in [0, 0.1) is 0 Å². The summed E-state index contributed by atoms with van der Waals surface area (Å²) in [5.74, 6) is 2.08. The van der Waals surface area contributed by atoms with Gasteiger partial charge in [0.2, 0.25) is 0 Å². The van der Waals surface area contributed by atoms with Crippen LogP contribution in [0.15, 0.2) is 122 Å². The fraction of sp³-hybridized carbons (Fsp3) is 0.133. The standard InChI is InChI=1S/C18H18S2.C12H14/c1-3-9-17(10-4-1)13-7-15-19-20-16-8-14-18-11-5-2-6-12-18;1-3-6-11-8-5-9-12(10-11)7-4-2/h1-14H,15-16H2;3-5,8-10H,1-2,6-7H2. The van der Waals surface area contributed by atoms with E-state index in [1.165, 1.54) is 22.3 Å². The Morgan fingerprint density at radius 1 is 0.562 bits per heavy atom. The summed E-state index contributed by atoms with van der Waals surface area (Å²) in [4.78, 5) is 0. The molecular formula is C30H32S2. The number of hydrogen-bond acceptors (Lipinski definition) is 2. The molecule has 0 aliphatic heterocycles. The summed E-state index contributed by atoms with van der Waals surface area (Å²) in [5, 5.41) is 0. The SMILES string of the molecule is C(=Cc1ccccc1)CSSCC=Cc1ccccc1.C=CCc1cccc(CC=C)c1. The Labute approximate surface area is 202 Å². The lowest BCUT2D eigenvalue weighted by Crippen LogP contribution is -1.84. The van der Waals surface area contributed by atoms with Crippen molar-refractivity contribution >= 4 is 33.7 Å². The van der Waals surface area contributed by atoms with Gasteiger partial charge in [0, 0.05) is 11.5 Å². The predicted molar refractivity (Wildman–Crippen MR) is 150 cm³/mol. The van der Waals surface area contributed by atoms with E-state index >= 15 is 0 Å². The second kappa shape index (κ2) is 16.9. The van der Waals surface area contributed by atoms with Gasteiger partial charge in [-0.1, -0.05) is 143 Å². The van der Waals surface area contributed by atoms with Crippen LogP contribution in [0.25, 0.3) is 12.2 Å². The van der Waals surface area contributed by atoms with Crippen LogP contribution in [0.2, 0.25) is 0 Å². The quantitative estimate of drug-likeness (QED) is 0.160. The van der Waals surface area contributed by atoms with Gasteiger partial charge < -0.3 is 0 Å². The van der Waals surface area contributed by atoms with Gasteiger partial charge in [0.1, 0.15) is 0 Å². The van der Waals surface area contributed by atoms with Gasteiger partial charge >= 0.3 is 0 Å². The average molecular weight is 457 g/mol. The molecule has 0 heterocycles. The van der Waals surface area contributed by atoms with Crippen molar-refractivity contribution in [3.8, 4) is 0 Å². The van der Waals surface area contributed by atoms with Gasteiger partial charge in [-0.15, -0.1) is 13.2 Å². The Kier molecular flexibility index (Phi) is 13.5. The van der Waals surface area contributed by atoms with Crippen LogP contribution in [0.5, 0.6) is 0 Å². The zero-order valence-electron chi connectivity index (χ0n) is 18.6. The van der Waals surface area contributed by atoms with Crippen LogP contribution in [-0.4, -0.2) is 11.5 Å². The van der Waals surface area contributed by atoms with Crippen LogP contribution < -0.4 is 0 Å². The first-order valence-corrected chi connectivity index (χ1v) is 13.3. The van der Waals surface area contributed by atoms with E-state index in [1.807, 2.05) is 45.9 Å². The van der Waals surface area contributed by atoms with Crippen molar-refractivity contribution in [1.82, 2.24) is 0 Å². The molecule has 3 rings (SSSR count). The Morgan fingerprint density at radius 3 is 1.41 bits per heavy atom. The molecule has 0 aromatic heterocycles. The van der Waals surface area contributed by atoms with E-state index in [9.17, 15) is 0 Å². The maximum Gasteiger partial charge on any atom is 0.0221 e. The van der Waals surface area contributed by atoms with E-state index in [4.69, 9.17) is 0 Å². The van der Waals surface area contributed by atoms with Crippen molar-refractivity contribution in [3.63, 3.8) is 0 Å². The molecule has 0 N–H and O–H groups in total. The molecule has 0 atom stereocenters. The zero-order chi connectivity index (χ0) is 22.7. The Balaban J connectivity index is 0.000000258. The van der Waals surface area contributed by atoms with Crippen LogP contribution >= 0.6 is 21.6 Å². The number of hydrogen-bond donors (Lipinski definition) is 0. The molecule has 0 saturated heterocycles. The minimum absolute atomic E-state index is 0.949. The van der Waals surface area contributed by atoms with Crippen molar-refractivity contribution in [2.75, 3.05) is 11.5 Å². The fourth-order valence-corrected chi connectivity index (χ4v) is 4.48. The van der Waals surface area contributed by atoms with Gasteiger partial charge in [-0.2, -0.15) is 0 Å². The summed E-state index contributed by atoms with van der Waals surface area (Å²) in [5.41, 5.74) is 5.18. The molecule has 164 valence electrons. The molecule has 2 heteroatoms. The first kappa shape index (κ1) is 25.6. The molecule has 3 aromatic rings. The molecule has 0 saturated carbocycles. The predicted octanol–water partition coefficient (Wildman–Crippen LogP) is 8.94. The third kappa shape index (κ3) is 11.6. The van der Waals surface area contributed by atoms with E-state index < -0.39 is 0 Å². The van der Waals surface area contributed by atoms with Crippen molar-refractivity contribution in [3.05, 3.63) is 145 Å². The summed E-state index contributed by atoms with van der Waals surface area (Å²) in [6.07, 6.45) is 14.5. The number of allylic oxidation sites excluding steroid dienone is 2. The minimum Gasteiger partial charge on any atom is -0.103 e. The molecule has 0 radical (unpaired) electrons. The van der Waals surface area contributed by atoms with E-state index in [0.29, 0.717) is 0 Å². The number of benzene rings is 3. The highest BCUT2D eigenvalue weighted by Gasteiger charge is 1.91. The van der Waals surface area contributed by atoms with Crippen molar-refractivity contribution in [1.29, 1.82) is 0 Å². The molecule has 3 aromatic carbocycles. The molecule has 0 unspecified atom stereocenters. The first-order valence-electron chi connectivity index (χ1n) is 10.8. The van der Waals surface area contributed by atoms with Crippen LogP contribution in [0.3, 0.4) is 0 Å². The second-order valence-electron chi connectivity index (χ2n) is 7.00. The molecule has 0 amide bonds. The van der Waals surface area contributed by atoms with E-state index in [0.717, 1.165) is 24.3 Å². The molecule has 32 heavy (non-hydrogen) atoms. The highest BCUT2D eigenvalue weighted by Crippen LogP contribution is 2.21. The maximum absolute atomic E-state index is 3.71. The van der Waals surface area contributed by atoms with Gasteiger partial charge in [-0.05, 0) is 35.1 Å². The summed E-state index contributed by atoms with van der Waals surface area (Å²) in [7, 11) is 3.77. The molecule has 0 spiro atoms. The summed E-state index contributed by atoms with van der Waals surface area (Å²) >= 11 is 0. The minimum atomic E-state index is 0.949. The first-order chi connectivity index (χ1) is 15.8. The Morgan fingerprint density at radius 2 is 1.00 bits per heavy atom. The maximum atomic E-state index is 3.71. The van der Waals surface area contributed by atoms with Crippen LogP contribution in [-0.2, 0) is 12.8 Å². The van der Waals surface area contributed by atoms with E-state index in [-0.39, 0.29) is 0 Å². The lowest BCUT2D eigenvalue weighted by atomic mass is 10.1. The topological polar surface area (TPSA) is 0 Å². The largest absolute Gasteiger partial charge is 0.103 e. The lowest BCUT2D eigenvalue weighted by molar-refractivity contribution is 1.21. The van der Waals surface area contributed by atoms with Gasteiger partial charge in [-0.3, -0.25) is 0 Å². The van der Waals surface area contributed by atoms with Crippen molar-refractivity contribution in [2.24, 2.45) is 0 Å². The highest BCUT2D eigenvalue weighted by molar-refractivity contribution is 8.76. The van der Waals surface area contributed by atoms with Gasteiger partial charge in [0.15, 0.2) is 0 Å². The monoisotopic (exact) mass is 456 g/mol. The summed E-state index contributed by atoms with van der Waals surface area (Å²) < 4.78 is 0. The van der Waals surface area contributed by atoms with E-state index in [2.05, 4.69) is 110 Å². The van der Waals surface area contributed by atoms with Gasteiger partial charge in [0.05, 0.1) is 0 Å². The van der Waals surface area contributed by atoms with Crippen molar-refractivity contribution in [2.45, 2.75) is 12.8 Å². The average Bonchev–Trinajstić information content (AvgIpc) is 2.83. The second-order valence-corrected chi connectivity index (χ2v) is 9.55. The summed E-state index contributed by atoms with van der Waals surface area (Å²) in [6, 6.07) is 29.4. The van der Waals surface area contributed by atoms with Crippen LogP contribution in [0.1, 0.15) is 22.3 Å². The molecule has 0 aliphatic carbocycles. The van der Waals surface area contributed by atoms with Gasteiger partial charge in [0.25, 0.3) is 0 Å². The van der Waals surface area contributed by atoms with Crippen LogP contribution in [0.4, 0.5) is 0 Å². The third-order valence-corrected chi connectivity index (χ3v) is 6.52. The third-order valence-electron chi connectivity index (χ3n) is 4.38. The molecule has 0 aliphatic rings. The smallest absolute Gasteiger partial charge is 0.0221 e. The molecule has 0 nitrogen and oxygen atoms in total. The number of rotatable bonds is 11. The highest BCUT2D eigenvalue weighted by atomic mass is 33.1. The molecule has 0 fully saturated rings. The van der Waals surface area contributed by atoms with E-state index in [1.54, 1.807) is 0 Å². The molecule has 0 bridgehead atoms. The zero-order valence-corrected chi connectivity index (χ0v) is 20.2. The Bertz CT molecular complexity index is 880. The summed E-state index contributed by atoms with van der Waals surface area (Å²) in [6.45, 7) is 7.42. The fourth-order valence-electron chi connectivity index (χ4n) is 2.89. The Hall–Kier alpha value is -2.68. The van der Waals surface area contributed by atoms with Crippen molar-refractivity contribution < 1.29 is 0 Å². The van der Waals surface area contributed by atoms with Gasteiger partial charge in [-0.25, -0.2) is 0 Å². The normalized spacial score (nSPS) is 10.6. The molecular weight excluding hydrogens is 424 g/mol. The lowest BCUT2D eigenvalue weighted by Gasteiger charge is -1.99.